The van der Waals surface area contributed by atoms with Crippen molar-refractivity contribution in [3.05, 3.63) is 23.8 Å². The Morgan fingerprint density at radius 1 is 1.44 bits per heavy atom. The second-order valence-electron chi connectivity index (χ2n) is 3.31. The predicted molar refractivity (Wildman–Crippen MR) is 58.9 cm³/mol. The Morgan fingerprint density at radius 2 is 2.12 bits per heavy atom. The highest BCUT2D eigenvalue weighted by molar-refractivity contribution is 5.68. The zero-order chi connectivity index (χ0) is 12.1. The lowest BCUT2D eigenvalue weighted by atomic mass is 10.2. The Balaban J connectivity index is 3.05. The second-order valence-corrected chi connectivity index (χ2v) is 3.31. The molecule has 0 heterocycles. The molecule has 2 N–H and O–H groups in total. The summed E-state index contributed by atoms with van der Waals surface area (Å²) in [6, 6.07) is 3.91. The van der Waals surface area contributed by atoms with E-state index in [0.29, 0.717) is 18.8 Å². The van der Waals surface area contributed by atoms with Crippen LogP contribution in [0.15, 0.2) is 12.1 Å². The SMILES string of the molecule is CCN(CCC#N)c1cc(F)cc(F)c1N. The molecule has 0 radical (unpaired) electrons. The Morgan fingerprint density at radius 3 is 2.69 bits per heavy atom. The molecule has 0 saturated carbocycles. The van der Waals surface area contributed by atoms with Gasteiger partial charge in [0.05, 0.1) is 23.9 Å². The summed E-state index contributed by atoms with van der Waals surface area (Å²) >= 11 is 0. The number of nitriles is 1. The van der Waals surface area contributed by atoms with Gasteiger partial charge in [-0.15, -0.1) is 0 Å². The van der Waals surface area contributed by atoms with Gasteiger partial charge in [-0.3, -0.25) is 0 Å². The van der Waals surface area contributed by atoms with E-state index in [1.54, 1.807) is 4.90 Å². The number of hydrogen-bond acceptors (Lipinski definition) is 3. The van der Waals surface area contributed by atoms with Crippen LogP contribution in [0.5, 0.6) is 0 Å². The topological polar surface area (TPSA) is 53.0 Å². The van der Waals surface area contributed by atoms with Crippen LogP contribution in [-0.4, -0.2) is 13.1 Å². The maximum absolute atomic E-state index is 13.2. The molecule has 0 aromatic heterocycles. The summed E-state index contributed by atoms with van der Waals surface area (Å²) in [5, 5.41) is 8.48. The number of nitrogens with zero attached hydrogens (tertiary/aromatic N) is 2. The number of anilines is 2. The largest absolute Gasteiger partial charge is 0.395 e. The fourth-order valence-corrected chi connectivity index (χ4v) is 1.47. The molecule has 0 aliphatic rings. The van der Waals surface area contributed by atoms with E-state index in [1.165, 1.54) is 6.07 Å². The van der Waals surface area contributed by atoms with Crippen molar-refractivity contribution < 1.29 is 8.78 Å². The Bertz CT molecular complexity index is 412. The minimum Gasteiger partial charge on any atom is -0.395 e. The highest BCUT2D eigenvalue weighted by Crippen LogP contribution is 2.27. The molecule has 0 bridgehead atoms. The number of nitrogens with two attached hydrogens (primary N) is 1. The van der Waals surface area contributed by atoms with Crippen LogP contribution in [0, 0.1) is 23.0 Å². The van der Waals surface area contributed by atoms with Gasteiger partial charge in [0.25, 0.3) is 0 Å². The molecule has 0 spiro atoms. The van der Waals surface area contributed by atoms with Crippen LogP contribution in [0.3, 0.4) is 0 Å². The third-order valence-electron chi connectivity index (χ3n) is 2.29. The lowest BCUT2D eigenvalue weighted by Gasteiger charge is -2.23. The van der Waals surface area contributed by atoms with Crippen LogP contribution >= 0.6 is 0 Å². The molecule has 3 nitrogen and oxygen atoms in total. The minimum atomic E-state index is -0.773. The van der Waals surface area contributed by atoms with Gasteiger partial charge >= 0.3 is 0 Å². The zero-order valence-electron chi connectivity index (χ0n) is 9.00. The molecule has 16 heavy (non-hydrogen) atoms. The van der Waals surface area contributed by atoms with Crippen molar-refractivity contribution in [1.29, 1.82) is 5.26 Å². The van der Waals surface area contributed by atoms with E-state index in [9.17, 15) is 8.78 Å². The van der Waals surface area contributed by atoms with Crippen molar-refractivity contribution in [2.75, 3.05) is 23.7 Å². The van der Waals surface area contributed by atoms with E-state index in [-0.39, 0.29) is 12.1 Å². The van der Waals surface area contributed by atoms with Gasteiger partial charge in [0.2, 0.25) is 0 Å². The molecule has 0 atom stereocenters. The Hall–Kier alpha value is -1.83. The molecule has 5 heteroatoms. The van der Waals surface area contributed by atoms with Crippen molar-refractivity contribution >= 4 is 11.4 Å². The van der Waals surface area contributed by atoms with Crippen molar-refractivity contribution in [3.8, 4) is 6.07 Å². The molecule has 1 aromatic carbocycles. The zero-order valence-corrected chi connectivity index (χ0v) is 9.00. The summed E-state index contributed by atoms with van der Waals surface area (Å²) in [5.41, 5.74) is 5.75. The van der Waals surface area contributed by atoms with Crippen LogP contribution < -0.4 is 10.6 Å². The van der Waals surface area contributed by atoms with E-state index in [4.69, 9.17) is 11.0 Å². The molecule has 0 unspecified atom stereocenters. The number of nitrogen functional groups attached to an aromatic ring is 1. The minimum absolute atomic E-state index is 0.0822. The van der Waals surface area contributed by atoms with Crippen LogP contribution in [0.1, 0.15) is 13.3 Å². The quantitative estimate of drug-likeness (QED) is 0.800. The van der Waals surface area contributed by atoms with E-state index in [2.05, 4.69) is 0 Å². The molecule has 0 amide bonds. The lowest BCUT2D eigenvalue weighted by molar-refractivity contribution is 0.585. The second kappa shape index (κ2) is 5.31. The predicted octanol–water partition coefficient (Wildman–Crippen LogP) is 2.29. The third-order valence-corrected chi connectivity index (χ3v) is 2.29. The standard InChI is InChI=1S/C11H13F2N3/c1-2-16(5-3-4-14)10-7-8(12)6-9(13)11(10)15/h6-7H,2-3,5,15H2,1H3. The average molecular weight is 225 g/mol. The van der Waals surface area contributed by atoms with Gasteiger partial charge in [-0.05, 0) is 13.0 Å². The van der Waals surface area contributed by atoms with E-state index in [1.807, 2.05) is 13.0 Å². The number of halogens is 2. The van der Waals surface area contributed by atoms with Gasteiger partial charge in [-0.2, -0.15) is 5.26 Å². The van der Waals surface area contributed by atoms with Crippen LogP contribution in [0.25, 0.3) is 0 Å². The summed E-state index contributed by atoms with van der Waals surface area (Å²) in [5.74, 6) is -1.44. The maximum atomic E-state index is 13.2. The van der Waals surface area contributed by atoms with E-state index >= 15 is 0 Å². The molecule has 1 rings (SSSR count). The van der Waals surface area contributed by atoms with Gasteiger partial charge < -0.3 is 10.6 Å². The van der Waals surface area contributed by atoms with Crippen molar-refractivity contribution in [2.45, 2.75) is 13.3 Å². The molecule has 0 fully saturated rings. The first-order valence-corrected chi connectivity index (χ1v) is 4.96. The first-order valence-electron chi connectivity index (χ1n) is 4.96. The van der Waals surface area contributed by atoms with Gasteiger partial charge in [-0.1, -0.05) is 0 Å². The summed E-state index contributed by atoms with van der Waals surface area (Å²) in [7, 11) is 0. The van der Waals surface area contributed by atoms with Crippen LogP contribution in [0.2, 0.25) is 0 Å². The highest BCUT2D eigenvalue weighted by atomic mass is 19.1. The summed E-state index contributed by atoms with van der Waals surface area (Å²) in [6.45, 7) is 2.77. The van der Waals surface area contributed by atoms with Crippen molar-refractivity contribution in [1.82, 2.24) is 0 Å². The molecule has 0 aliphatic carbocycles. The lowest BCUT2D eigenvalue weighted by Crippen LogP contribution is -2.25. The average Bonchev–Trinajstić information content (AvgIpc) is 2.25. The third kappa shape index (κ3) is 2.60. The molecular formula is C11H13F2N3. The van der Waals surface area contributed by atoms with Crippen LogP contribution in [0.4, 0.5) is 20.2 Å². The molecule has 1 aromatic rings. The molecule has 86 valence electrons. The van der Waals surface area contributed by atoms with Crippen molar-refractivity contribution in [2.24, 2.45) is 0 Å². The molecule has 0 saturated heterocycles. The summed E-state index contributed by atoms with van der Waals surface area (Å²) in [6.07, 6.45) is 0.283. The number of hydrogen-bond donors (Lipinski definition) is 1. The summed E-state index contributed by atoms with van der Waals surface area (Å²) in [4.78, 5) is 1.67. The Kier molecular flexibility index (Phi) is 4.06. The first kappa shape index (κ1) is 12.2. The Labute approximate surface area is 93.1 Å². The van der Waals surface area contributed by atoms with E-state index in [0.717, 1.165) is 6.07 Å². The number of benzene rings is 1. The monoisotopic (exact) mass is 225 g/mol. The normalized spacial score (nSPS) is 9.88. The number of rotatable bonds is 4. The summed E-state index contributed by atoms with van der Waals surface area (Å²) < 4.78 is 26.2. The van der Waals surface area contributed by atoms with Gasteiger partial charge in [-0.25, -0.2) is 8.78 Å². The smallest absolute Gasteiger partial charge is 0.151 e. The molecule has 0 aliphatic heterocycles. The van der Waals surface area contributed by atoms with Crippen molar-refractivity contribution in [3.63, 3.8) is 0 Å². The fraction of sp³-hybridized carbons (Fsp3) is 0.364. The maximum Gasteiger partial charge on any atom is 0.151 e. The van der Waals surface area contributed by atoms with Gasteiger partial charge in [0.15, 0.2) is 5.82 Å². The molecular weight excluding hydrogens is 212 g/mol. The first-order chi connectivity index (χ1) is 7.60. The fourth-order valence-electron chi connectivity index (χ4n) is 1.47. The van der Waals surface area contributed by atoms with E-state index < -0.39 is 11.6 Å². The van der Waals surface area contributed by atoms with Crippen LogP contribution in [-0.2, 0) is 0 Å². The van der Waals surface area contributed by atoms with Gasteiger partial charge in [0, 0.05) is 19.2 Å². The highest BCUT2D eigenvalue weighted by Gasteiger charge is 2.13. The van der Waals surface area contributed by atoms with Gasteiger partial charge in [0.1, 0.15) is 5.82 Å².